The van der Waals surface area contributed by atoms with Crippen LogP contribution >= 0.6 is 0 Å². The molecule has 160 valence electrons. The molecule has 0 aliphatic heterocycles. The summed E-state index contributed by atoms with van der Waals surface area (Å²) in [5.74, 6) is 0.694. The maximum atomic E-state index is 11.8. The van der Waals surface area contributed by atoms with Gasteiger partial charge in [-0.3, -0.25) is 4.79 Å². The zero-order valence-corrected chi connectivity index (χ0v) is 17.7. The van der Waals surface area contributed by atoms with E-state index in [9.17, 15) is 14.7 Å². The van der Waals surface area contributed by atoms with Crippen molar-refractivity contribution < 1.29 is 28.9 Å². The predicted molar refractivity (Wildman–Crippen MR) is 113 cm³/mol. The number of ether oxygens (including phenoxy) is 3. The number of carbonyl (C=O) groups excluding carboxylic acids is 2. The number of esters is 1. The predicted octanol–water partition coefficient (Wildman–Crippen LogP) is 4.48. The van der Waals surface area contributed by atoms with E-state index in [2.05, 4.69) is 0 Å². The minimum absolute atomic E-state index is 0.000807. The lowest BCUT2D eigenvalue weighted by molar-refractivity contribution is -0.132. The maximum absolute atomic E-state index is 11.8. The van der Waals surface area contributed by atoms with Crippen LogP contribution in [0.15, 0.2) is 24.3 Å². The van der Waals surface area contributed by atoms with Gasteiger partial charge in [0, 0.05) is 24.0 Å². The number of methoxy groups -OCH3 is 2. The molecule has 0 aromatic heterocycles. The number of benzene rings is 2. The molecule has 30 heavy (non-hydrogen) atoms. The second-order valence-electron chi connectivity index (χ2n) is 7.60. The highest BCUT2D eigenvalue weighted by atomic mass is 16.6. The van der Waals surface area contributed by atoms with Gasteiger partial charge in [-0.05, 0) is 67.9 Å². The van der Waals surface area contributed by atoms with Crippen LogP contribution in [-0.4, -0.2) is 31.6 Å². The Hall–Kier alpha value is -3.02. The van der Waals surface area contributed by atoms with E-state index in [0.717, 1.165) is 49.5 Å². The van der Waals surface area contributed by atoms with Gasteiger partial charge in [-0.25, -0.2) is 0 Å². The van der Waals surface area contributed by atoms with Gasteiger partial charge in [0.25, 0.3) is 0 Å². The standard InChI is InChI=1S/C24H28O6/c1-15(26)30-22-18-9-5-8-17(14-25)7-4-6-16-10-11-21(27)19(12-16)20(13-18)23(28-2)24(22)29-3/h10-14,17,27H,4-9H2,1-3H3. The summed E-state index contributed by atoms with van der Waals surface area (Å²) in [5.41, 5.74) is 3.14. The first-order chi connectivity index (χ1) is 14.5. The Bertz CT molecular complexity index is 934. The Kier molecular flexibility index (Phi) is 6.98. The van der Waals surface area contributed by atoms with E-state index in [4.69, 9.17) is 14.2 Å². The average molecular weight is 412 g/mol. The van der Waals surface area contributed by atoms with Crippen molar-refractivity contribution in [2.45, 2.75) is 45.4 Å². The van der Waals surface area contributed by atoms with Crippen LogP contribution in [0.4, 0.5) is 0 Å². The molecule has 0 amide bonds. The van der Waals surface area contributed by atoms with Gasteiger partial charge < -0.3 is 24.1 Å². The van der Waals surface area contributed by atoms with Crippen molar-refractivity contribution in [3.63, 3.8) is 0 Å². The summed E-state index contributed by atoms with van der Waals surface area (Å²) >= 11 is 0. The number of rotatable bonds is 4. The third-order valence-electron chi connectivity index (χ3n) is 5.53. The number of hydrogen-bond donors (Lipinski definition) is 1. The lowest BCUT2D eigenvalue weighted by Crippen LogP contribution is -2.08. The second kappa shape index (κ2) is 9.65. The number of aromatic hydroxyl groups is 1. The zero-order valence-electron chi connectivity index (χ0n) is 17.7. The molecule has 0 fully saturated rings. The summed E-state index contributed by atoms with van der Waals surface area (Å²) < 4.78 is 16.7. The minimum Gasteiger partial charge on any atom is -0.507 e. The zero-order chi connectivity index (χ0) is 21.7. The molecule has 0 saturated carbocycles. The van der Waals surface area contributed by atoms with E-state index in [1.54, 1.807) is 6.07 Å². The number of aldehydes is 1. The molecule has 1 N–H and O–H groups in total. The van der Waals surface area contributed by atoms with E-state index < -0.39 is 5.97 Å². The quantitative estimate of drug-likeness (QED) is 0.453. The third-order valence-corrected chi connectivity index (χ3v) is 5.53. The van der Waals surface area contributed by atoms with Gasteiger partial charge >= 0.3 is 5.97 Å². The van der Waals surface area contributed by atoms with Crippen molar-refractivity contribution in [1.29, 1.82) is 0 Å². The fourth-order valence-electron chi connectivity index (χ4n) is 4.06. The number of carbonyl (C=O) groups is 2. The monoisotopic (exact) mass is 412 g/mol. The average Bonchev–Trinajstić information content (AvgIpc) is 2.74. The smallest absolute Gasteiger partial charge is 0.308 e. The van der Waals surface area contributed by atoms with E-state index >= 15 is 0 Å². The summed E-state index contributed by atoms with van der Waals surface area (Å²) in [4.78, 5) is 23.3. The SMILES string of the molecule is COc1c2cc(c(OC(C)=O)c1OC)CCCC(C=O)CCCc1ccc(O)c-2c1. The van der Waals surface area contributed by atoms with Gasteiger partial charge in [-0.1, -0.05) is 6.07 Å². The number of phenols is 1. The van der Waals surface area contributed by atoms with Crippen molar-refractivity contribution in [1.82, 2.24) is 0 Å². The molecule has 2 aromatic carbocycles. The summed E-state index contributed by atoms with van der Waals surface area (Å²) in [5, 5.41) is 10.6. The number of fused-ring (bicyclic) bond motifs is 5. The fourth-order valence-corrected chi connectivity index (χ4v) is 4.06. The summed E-state index contributed by atoms with van der Waals surface area (Å²) in [6, 6.07) is 7.39. The Morgan fingerprint density at radius 1 is 1.00 bits per heavy atom. The molecular weight excluding hydrogens is 384 g/mol. The molecular formula is C24H28O6. The van der Waals surface area contributed by atoms with Gasteiger partial charge in [0.05, 0.1) is 14.2 Å². The minimum atomic E-state index is -0.460. The van der Waals surface area contributed by atoms with Gasteiger partial charge in [0.2, 0.25) is 5.75 Å². The Morgan fingerprint density at radius 2 is 1.70 bits per heavy atom. The molecule has 1 atom stereocenters. The van der Waals surface area contributed by atoms with Crippen LogP contribution in [0.2, 0.25) is 0 Å². The molecule has 1 aliphatic rings. The van der Waals surface area contributed by atoms with Crippen LogP contribution in [0.25, 0.3) is 11.1 Å². The molecule has 0 heterocycles. The van der Waals surface area contributed by atoms with Crippen LogP contribution in [0.1, 0.15) is 43.7 Å². The molecule has 0 saturated heterocycles. The van der Waals surface area contributed by atoms with Gasteiger partial charge in [0.1, 0.15) is 12.0 Å². The lowest BCUT2D eigenvalue weighted by Gasteiger charge is -2.20. The molecule has 4 bridgehead atoms. The summed E-state index contributed by atoms with van der Waals surface area (Å²) in [7, 11) is 3.01. The van der Waals surface area contributed by atoms with Crippen LogP contribution in [-0.2, 0) is 22.4 Å². The highest BCUT2D eigenvalue weighted by Gasteiger charge is 2.25. The summed E-state index contributed by atoms with van der Waals surface area (Å²) in [6.07, 6.45) is 5.68. The van der Waals surface area contributed by atoms with Gasteiger partial charge in [-0.2, -0.15) is 0 Å². The molecule has 6 nitrogen and oxygen atoms in total. The normalized spacial score (nSPS) is 16.4. The summed E-state index contributed by atoms with van der Waals surface area (Å²) in [6.45, 7) is 1.34. The van der Waals surface area contributed by atoms with E-state index in [-0.39, 0.29) is 11.7 Å². The van der Waals surface area contributed by atoms with Crippen molar-refractivity contribution in [2.24, 2.45) is 5.92 Å². The highest BCUT2D eigenvalue weighted by molar-refractivity contribution is 5.83. The second-order valence-corrected chi connectivity index (χ2v) is 7.60. The highest BCUT2D eigenvalue weighted by Crippen LogP contribution is 2.49. The van der Waals surface area contributed by atoms with Crippen LogP contribution in [0.3, 0.4) is 0 Å². The lowest BCUT2D eigenvalue weighted by atomic mass is 9.94. The number of phenolic OH excluding ortho intramolecular Hbond substituents is 1. The van der Waals surface area contributed by atoms with Crippen LogP contribution in [0.5, 0.6) is 23.0 Å². The van der Waals surface area contributed by atoms with E-state index in [1.165, 1.54) is 21.1 Å². The Morgan fingerprint density at radius 3 is 2.33 bits per heavy atom. The topological polar surface area (TPSA) is 82.1 Å². The molecule has 0 spiro atoms. The first kappa shape index (κ1) is 21.7. The van der Waals surface area contributed by atoms with Gasteiger partial charge in [-0.15, -0.1) is 0 Å². The van der Waals surface area contributed by atoms with Crippen LogP contribution < -0.4 is 14.2 Å². The molecule has 1 aliphatic carbocycles. The van der Waals surface area contributed by atoms with Crippen molar-refractivity contribution in [3.8, 4) is 34.1 Å². The maximum Gasteiger partial charge on any atom is 0.308 e. The third kappa shape index (κ3) is 4.58. The van der Waals surface area contributed by atoms with Crippen LogP contribution in [0, 0.1) is 5.92 Å². The van der Waals surface area contributed by atoms with E-state index in [1.807, 2.05) is 18.2 Å². The number of hydrogen-bond acceptors (Lipinski definition) is 6. The Balaban J connectivity index is 2.25. The first-order valence-electron chi connectivity index (χ1n) is 10.2. The molecule has 6 heteroatoms. The van der Waals surface area contributed by atoms with Crippen molar-refractivity contribution in [3.05, 3.63) is 35.4 Å². The number of aryl methyl sites for hydroxylation is 2. The molecule has 3 rings (SSSR count). The van der Waals surface area contributed by atoms with Crippen molar-refractivity contribution in [2.75, 3.05) is 14.2 Å². The first-order valence-corrected chi connectivity index (χ1v) is 10.2. The largest absolute Gasteiger partial charge is 0.507 e. The molecule has 2 aromatic rings. The molecule has 1 unspecified atom stereocenters. The van der Waals surface area contributed by atoms with E-state index in [0.29, 0.717) is 34.8 Å². The fraction of sp³-hybridized carbons (Fsp3) is 0.417. The molecule has 0 radical (unpaired) electrons. The Labute approximate surface area is 176 Å². The van der Waals surface area contributed by atoms with Gasteiger partial charge in [0.15, 0.2) is 11.5 Å². The van der Waals surface area contributed by atoms with Crippen molar-refractivity contribution >= 4 is 12.3 Å².